The van der Waals surface area contributed by atoms with Gasteiger partial charge in [-0.2, -0.15) is 0 Å². The molecule has 0 aliphatic carbocycles. The van der Waals surface area contributed by atoms with E-state index in [1.807, 2.05) is 64.4 Å². The van der Waals surface area contributed by atoms with Gasteiger partial charge in [0.1, 0.15) is 5.69 Å². The van der Waals surface area contributed by atoms with Crippen molar-refractivity contribution in [2.75, 3.05) is 49.1 Å². The number of amides is 1. The van der Waals surface area contributed by atoms with Gasteiger partial charge in [0.25, 0.3) is 11.5 Å². The summed E-state index contributed by atoms with van der Waals surface area (Å²) in [6.07, 6.45) is 0. The van der Waals surface area contributed by atoms with Gasteiger partial charge in [0, 0.05) is 57.6 Å². The Hall–Kier alpha value is -3.81. The summed E-state index contributed by atoms with van der Waals surface area (Å²) < 4.78 is 2.73. The molecule has 1 aliphatic heterocycles. The zero-order valence-electron chi connectivity index (χ0n) is 20.9. The molecular weight excluding hydrogens is 442 g/mol. The Balaban J connectivity index is 1.54. The van der Waals surface area contributed by atoms with E-state index in [9.17, 15) is 14.4 Å². The van der Waals surface area contributed by atoms with E-state index in [1.165, 1.54) is 7.05 Å². The molecule has 0 bridgehead atoms. The third kappa shape index (κ3) is 4.60. The number of hydrogen-bond donors (Lipinski definition) is 0. The summed E-state index contributed by atoms with van der Waals surface area (Å²) in [5.41, 5.74) is 2.92. The number of piperazine rings is 1. The number of carbonyl (C=O) groups excluding carboxylic acids is 1. The highest BCUT2D eigenvalue weighted by atomic mass is 16.2. The Morgan fingerprint density at radius 3 is 2.06 bits per heavy atom. The van der Waals surface area contributed by atoms with Crippen LogP contribution in [0.1, 0.15) is 29.9 Å². The second-order valence-electron chi connectivity index (χ2n) is 8.75. The van der Waals surface area contributed by atoms with Gasteiger partial charge >= 0.3 is 5.69 Å². The fraction of sp³-hybridized carbons (Fsp3) is 0.370. The molecule has 1 aromatic heterocycles. The van der Waals surface area contributed by atoms with Gasteiger partial charge in [-0.3, -0.25) is 18.7 Å². The maximum absolute atomic E-state index is 13.1. The molecule has 8 heteroatoms. The van der Waals surface area contributed by atoms with Crippen molar-refractivity contribution in [3.63, 3.8) is 0 Å². The average Bonchev–Trinajstić information content (AvgIpc) is 2.89. The number of aromatic nitrogens is 2. The number of rotatable bonds is 6. The summed E-state index contributed by atoms with van der Waals surface area (Å²) in [5, 5.41) is 0. The van der Waals surface area contributed by atoms with Gasteiger partial charge < -0.3 is 14.7 Å². The smallest absolute Gasteiger partial charge is 0.335 e. The molecule has 0 saturated carbocycles. The minimum Gasteiger partial charge on any atom is -0.372 e. The quantitative estimate of drug-likeness (QED) is 0.548. The number of anilines is 2. The molecule has 1 fully saturated rings. The van der Waals surface area contributed by atoms with E-state index in [2.05, 4.69) is 18.7 Å². The van der Waals surface area contributed by atoms with Crippen LogP contribution in [-0.4, -0.2) is 59.2 Å². The molecule has 1 amide bonds. The van der Waals surface area contributed by atoms with E-state index in [4.69, 9.17) is 0 Å². The molecule has 0 N–H and O–H groups in total. The van der Waals surface area contributed by atoms with Crippen LogP contribution in [0.2, 0.25) is 0 Å². The van der Waals surface area contributed by atoms with Gasteiger partial charge in [-0.05, 0) is 57.2 Å². The zero-order chi connectivity index (χ0) is 25.1. The molecule has 0 atom stereocenters. The third-order valence-electron chi connectivity index (χ3n) is 6.80. The Morgan fingerprint density at radius 1 is 0.886 bits per heavy atom. The summed E-state index contributed by atoms with van der Waals surface area (Å²) in [4.78, 5) is 45.2. The highest BCUT2D eigenvalue weighted by molar-refractivity contribution is 5.94. The second kappa shape index (κ2) is 10.2. The lowest BCUT2D eigenvalue weighted by molar-refractivity contribution is 0.0746. The van der Waals surface area contributed by atoms with E-state index in [-0.39, 0.29) is 17.2 Å². The maximum Gasteiger partial charge on any atom is 0.335 e. The van der Waals surface area contributed by atoms with Crippen LogP contribution in [0.3, 0.4) is 0 Å². The molecule has 8 nitrogen and oxygen atoms in total. The first-order chi connectivity index (χ1) is 16.9. The fourth-order valence-corrected chi connectivity index (χ4v) is 4.76. The molecule has 4 rings (SSSR count). The number of para-hydroxylation sites is 1. The van der Waals surface area contributed by atoms with E-state index < -0.39 is 0 Å². The van der Waals surface area contributed by atoms with E-state index in [0.29, 0.717) is 48.8 Å². The van der Waals surface area contributed by atoms with Crippen molar-refractivity contribution < 1.29 is 4.79 Å². The molecule has 0 spiro atoms. The average molecular weight is 476 g/mol. The zero-order valence-corrected chi connectivity index (χ0v) is 20.9. The SMILES string of the molecule is CCN(CC)c1ccc(C(=O)N2CCN(c3c(C)n(-c4ccccc4)c(=O)n(C)c3=O)CC2)cc1. The first-order valence-corrected chi connectivity index (χ1v) is 12.1. The monoisotopic (exact) mass is 475 g/mol. The molecule has 1 aliphatic rings. The molecule has 0 radical (unpaired) electrons. The van der Waals surface area contributed by atoms with Crippen LogP contribution >= 0.6 is 0 Å². The van der Waals surface area contributed by atoms with Gasteiger partial charge in [0.05, 0.1) is 11.4 Å². The maximum atomic E-state index is 13.1. The van der Waals surface area contributed by atoms with Crippen molar-refractivity contribution in [3.8, 4) is 5.69 Å². The Bertz CT molecular complexity index is 1300. The number of hydrogen-bond acceptors (Lipinski definition) is 5. The Kier molecular flexibility index (Phi) is 7.10. The molecule has 2 aromatic carbocycles. The van der Waals surface area contributed by atoms with Crippen molar-refractivity contribution in [1.82, 2.24) is 14.0 Å². The minimum absolute atomic E-state index is 0.00497. The van der Waals surface area contributed by atoms with Crippen LogP contribution in [0.15, 0.2) is 64.2 Å². The molecule has 1 saturated heterocycles. The van der Waals surface area contributed by atoms with Crippen LogP contribution in [0.4, 0.5) is 11.4 Å². The lowest BCUT2D eigenvalue weighted by Gasteiger charge is -2.36. The molecule has 35 heavy (non-hydrogen) atoms. The minimum atomic E-state index is -0.371. The van der Waals surface area contributed by atoms with Crippen LogP contribution in [0.25, 0.3) is 5.69 Å². The van der Waals surface area contributed by atoms with Gasteiger partial charge in [0.2, 0.25) is 0 Å². The lowest BCUT2D eigenvalue weighted by atomic mass is 10.1. The molecular formula is C27H33N5O3. The highest BCUT2D eigenvalue weighted by Crippen LogP contribution is 2.21. The predicted molar refractivity (Wildman–Crippen MR) is 140 cm³/mol. The molecule has 184 valence electrons. The first-order valence-electron chi connectivity index (χ1n) is 12.1. The van der Waals surface area contributed by atoms with Crippen molar-refractivity contribution in [2.24, 2.45) is 7.05 Å². The van der Waals surface area contributed by atoms with Gasteiger partial charge in [-0.25, -0.2) is 4.79 Å². The predicted octanol–water partition coefficient (Wildman–Crippen LogP) is 2.65. The van der Waals surface area contributed by atoms with Crippen molar-refractivity contribution in [3.05, 3.63) is 86.7 Å². The van der Waals surface area contributed by atoms with Gasteiger partial charge in [-0.15, -0.1) is 0 Å². The molecule has 2 heterocycles. The molecule has 3 aromatic rings. The number of carbonyl (C=O) groups is 1. The van der Waals surface area contributed by atoms with Crippen molar-refractivity contribution in [1.29, 1.82) is 0 Å². The summed E-state index contributed by atoms with van der Waals surface area (Å²) in [7, 11) is 1.51. The summed E-state index contributed by atoms with van der Waals surface area (Å²) in [6, 6.07) is 17.1. The standard InChI is InChI=1S/C27H33N5O3/c1-5-29(6-2)22-14-12-21(13-15-22)25(33)31-18-16-30(17-19-31)24-20(3)32(23-10-8-7-9-11-23)27(35)28(4)26(24)34/h7-15H,5-6,16-19H2,1-4H3. The van der Waals surface area contributed by atoms with Crippen LogP contribution in [0, 0.1) is 6.92 Å². The van der Waals surface area contributed by atoms with E-state index in [1.54, 1.807) is 11.5 Å². The Labute approximate surface area is 205 Å². The fourth-order valence-electron chi connectivity index (χ4n) is 4.76. The normalized spacial score (nSPS) is 13.7. The topological polar surface area (TPSA) is 70.8 Å². The summed E-state index contributed by atoms with van der Waals surface area (Å²) >= 11 is 0. The van der Waals surface area contributed by atoms with Gasteiger partial charge in [-0.1, -0.05) is 18.2 Å². The highest BCUT2D eigenvalue weighted by Gasteiger charge is 2.27. The summed E-state index contributed by atoms with van der Waals surface area (Å²) in [5.74, 6) is -0.00497. The van der Waals surface area contributed by atoms with E-state index in [0.717, 1.165) is 23.3 Å². The lowest BCUT2D eigenvalue weighted by Crippen LogP contribution is -2.52. The largest absolute Gasteiger partial charge is 0.372 e. The Morgan fingerprint density at radius 2 is 1.49 bits per heavy atom. The van der Waals surface area contributed by atoms with Crippen molar-refractivity contribution >= 4 is 17.3 Å². The van der Waals surface area contributed by atoms with Crippen LogP contribution in [0.5, 0.6) is 0 Å². The number of benzene rings is 2. The van der Waals surface area contributed by atoms with Gasteiger partial charge in [0.15, 0.2) is 0 Å². The summed E-state index contributed by atoms with van der Waals surface area (Å²) in [6.45, 7) is 9.92. The van der Waals surface area contributed by atoms with Crippen LogP contribution in [-0.2, 0) is 7.05 Å². The van der Waals surface area contributed by atoms with E-state index >= 15 is 0 Å². The second-order valence-corrected chi connectivity index (χ2v) is 8.75. The first kappa shape index (κ1) is 24.3. The third-order valence-corrected chi connectivity index (χ3v) is 6.80. The number of nitrogens with zero attached hydrogens (tertiary/aromatic N) is 5. The van der Waals surface area contributed by atoms with Crippen LogP contribution < -0.4 is 21.0 Å². The van der Waals surface area contributed by atoms with Crippen molar-refractivity contribution in [2.45, 2.75) is 20.8 Å². The molecule has 0 unspecified atom stereocenters.